The molecule has 27 heavy (non-hydrogen) atoms. The first-order valence-corrected chi connectivity index (χ1v) is 8.73. The van der Waals surface area contributed by atoms with Crippen molar-refractivity contribution in [2.45, 2.75) is 38.4 Å². The highest BCUT2D eigenvalue weighted by Gasteiger charge is 2.12. The number of nitro benzene ring substituents is 1. The minimum atomic E-state index is -0.837. The Morgan fingerprint density at radius 2 is 1.81 bits per heavy atom. The zero-order valence-corrected chi connectivity index (χ0v) is 15.1. The fourth-order valence-electron chi connectivity index (χ4n) is 2.69. The number of benzene rings is 2. The van der Waals surface area contributed by atoms with Gasteiger partial charge < -0.3 is 15.3 Å². The molecule has 2 aromatic rings. The highest BCUT2D eigenvalue weighted by atomic mass is 16.6. The van der Waals surface area contributed by atoms with Crippen LogP contribution in [0.25, 0.3) is 0 Å². The molecule has 0 amide bonds. The largest absolute Gasteiger partial charge is 0.508 e. The Kier molecular flexibility index (Phi) is 7.32. The molecule has 2 rings (SSSR count). The second-order valence-electron chi connectivity index (χ2n) is 6.18. The Morgan fingerprint density at radius 3 is 2.41 bits per heavy atom. The lowest BCUT2D eigenvalue weighted by atomic mass is 9.99. The molecule has 0 aromatic heterocycles. The van der Waals surface area contributed by atoms with Crippen LogP contribution < -0.4 is 0 Å². The maximum atomic E-state index is 10.7. The van der Waals surface area contributed by atoms with Gasteiger partial charge in [-0.2, -0.15) is 0 Å². The summed E-state index contributed by atoms with van der Waals surface area (Å²) in [7, 11) is 0. The van der Waals surface area contributed by atoms with E-state index in [1.54, 1.807) is 36.4 Å². The van der Waals surface area contributed by atoms with E-state index in [0.717, 1.165) is 5.57 Å². The van der Waals surface area contributed by atoms with Gasteiger partial charge in [0.2, 0.25) is 0 Å². The number of aliphatic hydroxyl groups is 2. The van der Waals surface area contributed by atoms with Crippen molar-refractivity contribution in [3.05, 3.63) is 87.2 Å². The first-order valence-electron chi connectivity index (χ1n) is 8.73. The average Bonchev–Trinajstić information content (AvgIpc) is 2.67. The standard InChI is InChI=1S/C21H23NO5/c1-2-15(6-5-9-20(24)18-7-3-4-8-19(18)23)14-21(25)16-10-12-17(13-11-16)22(26)27/h3-5,7-8,10-13,20-21,23-25H,2,9,14H2,1H3/t6?,20-,21-/m1/s1. The second-order valence-corrected chi connectivity index (χ2v) is 6.18. The number of nitro groups is 1. The zero-order chi connectivity index (χ0) is 19.8. The molecule has 0 aliphatic rings. The maximum absolute atomic E-state index is 10.7. The average molecular weight is 369 g/mol. The minimum Gasteiger partial charge on any atom is -0.508 e. The molecule has 0 unspecified atom stereocenters. The fraction of sp³-hybridized carbons (Fsp3) is 0.286. The van der Waals surface area contributed by atoms with E-state index in [9.17, 15) is 25.4 Å². The van der Waals surface area contributed by atoms with Crippen molar-refractivity contribution >= 4 is 5.69 Å². The van der Waals surface area contributed by atoms with Gasteiger partial charge in [-0.3, -0.25) is 10.1 Å². The van der Waals surface area contributed by atoms with Crippen LogP contribution in [0, 0.1) is 10.1 Å². The van der Waals surface area contributed by atoms with Crippen LogP contribution in [0.5, 0.6) is 5.75 Å². The molecule has 0 saturated heterocycles. The Labute approximate surface area is 157 Å². The van der Waals surface area contributed by atoms with E-state index < -0.39 is 17.1 Å². The highest BCUT2D eigenvalue weighted by molar-refractivity contribution is 5.35. The predicted octanol–water partition coefficient (Wildman–Crippen LogP) is 4.34. The predicted molar refractivity (Wildman–Crippen MR) is 102 cm³/mol. The van der Waals surface area contributed by atoms with Crippen LogP contribution in [-0.2, 0) is 0 Å². The number of aromatic hydroxyl groups is 1. The van der Waals surface area contributed by atoms with Crippen LogP contribution in [0.1, 0.15) is 49.5 Å². The molecule has 0 aliphatic heterocycles. The van der Waals surface area contributed by atoms with E-state index in [0.29, 0.717) is 24.0 Å². The molecule has 0 heterocycles. The van der Waals surface area contributed by atoms with E-state index >= 15 is 0 Å². The quantitative estimate of drug-likeness (QED) is 0.365. The lowest BCUT2D eigenvalue weighted by molar-refractivity contribution is -0.384. The second kappa shape index (κ2) is 9.69. The van der Waals surface area contributed by atoms with Gasteiger partial charge in [-0.25, -0.2) is 0 Å². The number of phenols is 1. The number of hydrogen-bond acceptors (Lipinski definition) is 5. The Morgan fingerprint density at radius 1 is 1.15 bits per heavy atom. The third-order valence-corrected chi connectivity index (χ3v) is 4.30. The molecule has 142 valence electrons. The topological polar surface area (TPSA) is 104 Å². The van der Waals surface area contributed by atoms with Crippen molar-refractivity contribution in [2.24, 2.45) is 0 Å². The summed E-state index contributed by atoms with van der Waals surface area (Å²) in [5.74, 6) is 0.0479. The van der Waals surface area contributed by atoms with Gasteiger partial charge >= 0.3 is 0 Å². The minimum absolute atomic E-state index is 0.0183. The summed E-state index contributed by atoms with van der Waals surface area (Å²) in [6, 6.07) is 12.4. The maximum Gasteiger partial charge on any atom is 0.269 e. The van der Waals surface area contributed by atoms with E-state index in [1.165, 1.54) is 18.2 Å². The molecular weight excluding hydrogens is 346 g/mol. The molecule has 3 N–H and O–H groups in total. The van der Waals surface area contributed by atoms with E-state index in [4.69, 9.17) is 0 Å². The first kappa shape index (κ1) is 20.4. The van der Waals surface area contributed by atoms with Crippen LogP contribution >= 0.6 is 0 Å². The van der Waals surface area contributed by atoms with Crippen LogP contribution in [0.3, 0.4) is 0 Å². The third-order valence-electron chi connectivity index (χ3n) is 4.30. The monoisotopic (exact) mass is 369 g/mol. The Bertz CT molecular complexity index is 838. The van der Waals surface area contributed by atoms with Gasteiger partial charge in [-0.05, 0) is 41.8 Å². The first-order chi connectivity index (χ1) is 12.9. The number of nitrogens with zero attached hydrogens (tertiary/aromatic N) is 1. The molecule has 0 aliphatic carbocycles. The fourth-order valence-corrected chi connectivity index (χ4v) is 2.69. The van der Waals surface area contributed by atoms with Gasteiger partial charge in [0, 0.05) is 30.5 Å². The Hall–Kier alpha value is -2.92. The summed E-state index contributed by atoms with van der Waals surface area (Å²) in [6.45, 7) is 1.94. The van der Waals surface area contributed by atoms with Crippen molar-refractivity contribution in [1.82, 2.24) is 0 Å². The van der Waals surface area contributed by atoms with Crippen molar-refractivity contribution in [1.29, 1.82) is 0 Å². The molecule has 6 heteroatoms. The molecule has 2 atom stereocenters. The number of hydrogen-bond donors (Lipinski definition) is 3. The summed E-state index contributed by atoms with van der Waals surface area (Å²) in [6.07, 6.45) is 1.37. The summed E-state index contributed by atoms with van der Waals surface area (Å²) >= 11 is 0. The van der Waals surface area contributed by atoms with Crippen molar-refractivity contribution < 1.29 is 20.2 Å². The van der Waals surface area contributed by atoms with Gasteiger partial charge in [0.25, 0.3) is 5.69 Å². The summed E-state index contributed by atoms with van der Waals surface area (Å²) in [5.41, 5.74) is 5.01. The van der Waals surface area contributed by atoms with Crippen LogP contribution in [-0.4, -0.2) is 20.2 Å². The molecular formula is C21H23NO5. The lowest BCUT2D eigenvalue weighted by Crippen LogP contribution is -1.99. The SMILES string of the molecule is CCC(=C=CC[C@@H](O)c1ccccc1O)C[C@@H](O)c1ccc([N+](=O)[O-])cc1. The molecule has 0 fully saturated rings. The smallest absolute Gasteiger partial charge is 0.269 e. The highest BCUT2D eigenvalue weighted by Crippen LogP contribution is 2.27. The number of aliphatic hydroxyl groups excluding tert-OH is 2. The number of phenolic OH excluding ortho intramolecular Hbond substituents is 1. The number of rotatable bonds is 8. The normalized spacial score (nSPS) is 12.7. The number of non-ortho nitro benzene ring substituents is 1. The van der Waals surface area contributed by atoms with Gasteiger partial charge in [0.1, 0.15) is 5.75 Å². The summed E-state index contributed by atoms with van der Waals surface area (Å²) in [5, 5.41) is 41.0. The molecule has 0 radical (unpaired) electrons. The van der Waals surface area contributed by atoms with Crippen molar-refractivity contribution in [3.63, 3.8) is 0 Å². The van der Waals surface area contributed by atoms with Gasteiger partial charge in [0.05, 0.1) is 17.1 Å². The lowest BCUT2D eigenvalue weighted by Gasteiger charge is -2.12. The van der Waals surface area contributed by atoms with Gasteiger partial charge in [-0.15, -0.1) is 5.73 Å². The van der Waals surface area contributed by atoms with Crippen LogP contribution in [0.2, 0.25) is 0 Å². The van der Waals surface area contributed by atoms with Crippen molar-refractivity contribution in [3.8, 4) is 5.75 Å². The molecule has 2 aromatic carbocycles. The van der Waals surface area contributed by atoms with Gasteiger partial charge in [-0.1, -0.05) is 25.1 Å². The van der Waals surface area contributed by atoms with Gasteiger partial charge in [0.15, 0.2) is 0 Å². The van der Waals surface area contributed by atoms with E-state index in [2.05, 4.69) is 5.73 Å². The van der Waals surface area contributed by atoms with E-state index in [-0.39, 0.29) is 17.9 Å². The Balaban J connectivity index is 2.03. The summed E-state index contributed by atoms with van der Waals surface area (Å²) in [4.78, 5) is 10.2. The molecule has 0 bridgehead atoms. The van der Waals surface area contributed by atoms with Crippen LogP contribution in [0.15, 0.2) is 65.9 Å². The number of para-hydroxylation sites is 1. The summed E-state index contributed by atoms with van der Waals surface area (Å²) < 4.78 is 0. The molecule has 0 spiro atoms. The zero-order valence-electron chi connectivity index (χ0n) is 15.1. The van der Waals surface area contributed by atoms with Crippen molar-refractivity contribution in [2.75, 3.05) is 0 Å². The van der Waals surface area contributed by atoms with E-state index in [1.807, 2.05) is 6.92 Å². The van der Waals surface area contributed by atoms with Crippen LogP contribution in [0.4, 0.5) is 5.69 Å². The molecule has 0 saturated carbocycles. The third kappa shape index (κ3) is 5.79. The molecule has 6 nitrogen and oxygen atoms in total.